The molecule has 88 valence electrons. The highest BCUT2D eigenvalue weighted by Gasteiger charge is 2.22. The Morgan fingerprint density at radius 2 is 2.62 bits per heavy atom. The van der Waals surface area contributed by atoms with Crippen LogP contribution >= 0.6 is 11.3 Å². The van der Waals surface area contributed by atoms with E-state index in [9.17, 15) is 9.90 Å². The Hall–Kier alpha value is -0.910. The van der Waals surface area contributed by atoms with Crippen molar-refractivity contribution in [2.75, 3.05) is 13.1 Å². The van der Waals surface area contributed by atoms with Crippen molar-refractivity contribution in [1.29, 1.82) is 0 Å². The first-order valence-electron chi connectivity index (χ1n) is 5.48. The second-order valence-corrected chi connectivity index (χ2v) is 4.75. The molecule has 0 aromatic carbocycles. The van der Waals surface area contributed by atoms with E-state index in [1.54, 1.807) is 11.3 Å². The van der Waals surface area contributed by atoms with Crippen LogP contribution in [0, 0.1) is 0 Å². The van der Waals surface area contributed by atoms with Crippen molar-refractivity contribution in [2.24, 2.45) is 0 Å². The predicted molar refractivity (Wildman–Crippen MR) is 63.3 cm³/mol. The third-order valence-electron chi connectivity index (χ3n) is 2.77. The number of aliphatic hydroxyl groups excluding tert-OH is 1. The minimum atomic E-state index is -0.600. The Labute approximate surface area is 98.7 Å². The van der Waals surface area contributed by atoms with Crippen LogP contribution in [0.5, 0.6) is 0 Å². The third-order valence-corrected chi connectivity index (χ3v) is 3.48. The van der Waals surface area contributed by atoms with Gasteiger partial charge >= 0.3 is 0 Å². The van der Waals surface area contributed by atoms with E-state index in [0.29, 0.717) is 0 Å². The molecule has 1 aromatic heterocycles. The summed E-state index contributed by atoms with van der Waals surface area (Å²) in [6.45, 7) is 1.19. The second kappa shape index (κ2) is 5.43. The molecular weight excluding hydrogens is 224 g/mol. The molecule has 1 fully saturated rings. The molecule has 0 spiro atoms. The van der Waals surface area contributed by atoms with Crippen molar-refractivity contribution in [3.8, 4) is 0 Å². The number of amides is 1. The molecule has 1 amide bonds. The molecule has 0 saturated carbocycles. The number of hydrogen-bond acceptors (Lipinski definition) is 4. The van der Waals surface area contributed by atoms with Crippen molar-refractivity contribution in [3.05, 3.63) is 22.4 Å². The van der Waals surface area contributed by atoms with Gasteiger partial charge in [0.2, 0.25) is 5.91 Å². The van der Waals surface area contributed by atoms with Gasteiger partial charge in [0.15, 0.2) is 0 Å². The van der Waals surface area contributed by atoms with Gasteiger partial charge in [-0.05, 0) is 41.8 Å². The van der Waals surface area contributed by atoms with Crippen LogP contribution in [0.1, 0.15) is 24.5 Å². The lowest BCUT2D eigenvalue weighted by Gasteiger charge is -2.14. The maximum Gasteiger partial charge on any atom is 0.237 e. The van der Waals surface area contributed by atoms with Crippen LogP contribution in [0.25, 0.3) is 0 Å². The average molecular weight is 240 g/mol. The van der Waals surface area contributed by atoms with Gasteiger partial charge in [-0.15, -0.1) is 0 Å². The highest BCUT2D eigenvalue weighted by Crippen LogP contribution is 2.15. The largest absolute Gasteiger partial charge is 0.387 e. The smallest absolute Gasteiger partial charge is 0.237 e. The summed E-state index contributed by atoms with van der Waals surface area (Å²) < 4.78 is 0. The quantitative estimate of drug-likeness (QED) is 0.724. The van der Waals surface area contributed by atoms with E-state index in [1.165, 1.54) is 0 Å². The van der Waals surface area contributed by atoms with Crippen molar-refractivity contribution >= 4 is 17.2 Å². The summed E-state index contributed by atoms with van der Waals surface area (Å²) in [5.74, 6) is -0.00761. The Kier molecular flexibility index (Phi) is 3.93. The van der Waals surface area contributed by atoms with Crippen LogP contribution in [-0.2, 0) is 4.79 Å². The Morgan fingerprint density at radius 3 is 3.25 bits per heavy atom. The van der Waals surface area contributed by atoms with Gasteiger partial charge in [-0.25, -0.2) is 0 Å². The van der Waals surface area contributed by atoms with E-state index in [0.717, 1.165) is 24.9 Å². The maximum atomic E-state index is 11.6. The zero-order valence-electron chi connectivity index (χ0n) is 8.98. The minimum absolute atomic E-state index is 0.00761. The van der Waals surface area contributed by atoms with Crippen molar-refractivity contribution in [1.82, 2.24) is 10.6 Å². The van der Waals surface area contributed by atoms with E-state index in [4.69, 9.17) is 0 Å². The number of thiophene rings is 1. The molecule has 16 heavy (non-hydrogen) atoms. The lowest BCUT2D eigenvalue weighted by molar-refractivity contribution is -0.123. The normalized spacial score (nSPS) is 21.9. The molecule has 1 aliphatic rings. The SMILES string of the molecule is O=C(NCC(O)c1ccsc1)C1CCCN1. The first-order valence-corrected chi connectivity index (χ1v) is 6.43. The summed E-state index contributed by atoms with van der Waals surface area (Å²) in [4.78, 5) is 11.6. The van der Waals surface area contributed by atoms with Crippen LogP contribution in [0.15, 0.2) is 16.8 Å². The fraction of sp³-hybridized carbons (Fsp3) is 0.545. The Balaban J connectivity index is 1.76. The molecule has 2 unspecified atom stereocenters. The first kappa shape index (κ1) is 11.6. The standard InChI is InChI=1S/C11H16N2O2S/c14-10(8-3-5-16-7-8)6-13-11(15)9-2-1-4-12-9/h3,5,7,9-10,12,14H,1-2,4,6H2,(H,13,15). The van der Waals surface area contributed by atoms with Gasteiger partial charge in [0.25, 0.3) is 0 Å². The van der Waals surface area contributed by atoms with E-state index in [2.05, 4.69) is 10.6 Å². The van der Waals surface area contributed by atoms with Crippen LogP contribution in [0.3, 0.4) is 0 Å². The lowest BCUT2D eigenvalue weighted by Crippen LogP contribution is -2.41. The van der Waals surface area contributed by atoms with Crippen LogP contribution < -0.4 is 10.6 Å². The summed E-state index contributed by atoms with van der Waals surface area (Å²) in [6.07, 6.45) is 1.34. The molecule has 3 N–H and O–H groups in total. The zero-order chi connectivity index (χ0) is 11.4. The van der Waals surface area contributed by atoms with E-state index >= 15 is 0 Å². The maximum absolute atomic E-state index is 11.6. The van der Waals surface area contributed by atoms with Gasteiger partial charge in [0.05, 0.1) is 12.1 Å². The summed E-state index contributed by atoms with van der Waals surface area (Å²) in [5, 5.41) is 19.5. The summed E-state index contributed by atoms with van der Waals surface area (Å²) in [5.41, 5.74) is 0.865. The summed E-state index contributed by atoms with van der Waals surface area (Å²) >= 11 is 1.54. The number of hydrogen-bond donors (Lipinski definition) is 3. The predicted octanol–water partition coefficient (Wildman–Crippen LogP) is 0.650. The number of carbonyl (C=O) groups excluding carboxylic acids is 1. The molecule has 2 atom stereocenters. The molecule has 0 radical (unpaired) electrons. The monoisotopic (exact) mass is 240 g/mol. The molecule has 0 aliphatic carbocycles. The van der Waals surface area contributed by atoms with Gasteiger partial charge in [0.1, 0.15) is 0 Å². The van der Waals surface area contributed by atoms with E-state index < -0.39 is 6.10 Å². The van der Waals surface area contributed by atoms with Crippen LogP contribution in [0.4, 0.5) is 0 Å². The number of aliphatic hydroxyl groups is 1. The van der Waals surface area contributed by atoms with Crippen molar-refractivity contribution < 1.29 is 9.90 Å². The summed E-state index contributed by atoms with van der Waals surface area (Å²) in [6, 6.07) is 1.80. The van der Waals surface area contributed by atoms with E-state index in [1.807, 2.05) is 16.8 Å². The van der Waals surface area contributed by atoms with Gasteiger partial charge < -0.3 is 15.7 Å². The fourth-order valence-corrected chi connectivity index (χ4v) is 2.52. The second-order valence-electron chi connectivity index (χ2n) is 3.97. The van der Waals surface area contributed by atoms with Gasteiger partial charge in [-0.2, -0.15) is 11.3 Å². The highest BCUT2D eigenvalue weighted by molar-refractivity contribution is 7.07. The molecule has 2 heterocycles. The minimum Gasteiger partial charge on any atom is -0.387 e. The molecule has 1 aliphatic heterocycles. The summed E-state index contributed by atoms with van der Waals surface area (Å²) in [7, 11) is 0. The topological polar surface area (TPSA) is 61.4 Å². The van der Waals surface area contributed by atoms with Gasteiger partial charge in [-0.3, -0.25) is 4.79 Å². The molecule has 4 nitrogen and oxygen atoms in total. The van der Waals surface area contributed by atoms with Gasteiger partial charge in [-0.1, -0.05) is 0 Å². The molecular formula is C11H16N2O2S. The van der Waals surface area contributed by atoms with Crippen molar-refractivity contribution in [3.63, 3.8) is 0 Å². The first-order chi connectivity index (χ1) is 7.77. The molecule has 0 bridgehead atoms. The lowest BCUT2D eigenvalue weighted by atomic mass is 10.2. The Bertz CT molecular complexity index is 334. The van der Waals surface area contributed by atoms with Crippen molar-refractivity contribution in [2.45, 2.75) is 25.0 Å². The molecule has 2 rings (SSSR count). The fourth-order valence-electron chi connectivity index (χ4n) is 1.81. The number of nitrogens with one attached hydrogen (secondary N) is 2. The molecule has 1 saturated heterocycles. The number of carbonyl (C=O) groups is 1. The average Bonchev–Trinajstić information content (AvgIpc) is 2.95. The third kappa shape index (κ3) is 2.81. The Morgan fingerprint density at radius 1 is 1.75 bits per heavy atom. The molecule has 1 aromatic rings. The van der Waals surface area contributed by atoms with E-state index in [-0.39, 0.29) is 18.5 Å². The van der Waals surface area contributed by atoms with Gasteiger partial charge in [0, 0.05) is 6.54 Å². The van der Waals surface area contributed by atoms with Crippen LogP contribution in [0.2, 0.25) is 0 Å². The zero-order valence-corrected chi connectivity index (χ0v) is 9.80. The van der Waals surface area contributed by atoms with Crippen LogP contribution in [-0.4, -0.2) is 30.1 Å². The molecule has 5 heteroatoms. The number of rotatable bonds is 4. The highest BCUT2D eigenvalue weighted by atomic mass is 32.1.